The molecule has 1 nitrogen and oxygen atoms in total. The summed E-state index contributed by atoms with van der Waals surface area (Å²) in [6, 6.07) is 0. The van der Waals surface area contributed by atoms with Crippen molar-refractivity contribution < 1.29 is 0 Å². The molecule has 2 unspecified atom stereocenters. The molecule has 0 aliphatic carbocycles. The Morgan fingerprint density at radius 1 is 1.50 bits per heavy atom. The van der Waals surface area contributed by atoms with Crippen LogP contribution >= 0.6 is 9.24 Å². The van der Waals surface area contributed by atoms with Crippen molar-refractivity contribution in [3.63, 3.8) is 0 Å². The molecule has 8 heavy (non-hydrogen) atoms. The van der Waals surface area contributed by atoms with E-state index in [9.17, 15) is 0 Å². The third-order valence-corrected chi connectivity index (χ3v) is 1.89. The maximum Gasteiger partial charge on any atom is 0.00139 e. The smallest absolute Gasteiger partial charge is 0.00139 e. The van der Waals surface area contributed by atoms with Gasteiger partial charge in [-0.3, -0.25) is 0 Å². The number of rotatable bonds is 4. The molecule has 0 aliphatic heterocycles. The van der Waals surface area contributed by atoms with Crippen molar-refractivity contribution in [2.24, 2.45) is 0 Å². The third-order valence-electron chi connectivity index (χ3n) is 1.18. The highest BCUT2D eigenvalue weighted by Gasteiger charge is 1.93. The third kappa shape index (κ3) is 4.55. The molecular weight excluding hydrogens is 117 g/mol. The Hall–Kier alpha value is 0.390. The van der Waals surface area contributed by atoms with Gasteiger partial charge in [-0.2, -0.15) is 0 Å². The molecule has 0 rings (SSSR count). The van der Waals surface area contributed by atoms with Gasteiger partial charge in [0.25, 0.3) is 0 Å². The minimum atomic E-state index is 0.759. The Morgan fingerprint density at radius 3 is 2.50 bits per heavy atom. The second-order valence-corrected chi connectivity index (χ2v) is 2.92. The highest BCUT2D eigenvalue weighted by Crippen LogP contribution is 2.01. The lowest BCUT2D eigenvalue weighted by Gasteiger charge is -2.06. The van der Waals surface area contributed by atoms with E-state index in [4.69, 9.17) is 0 Å². The van der Waals surface area contributed by atoms with Crippen molar-refractivity contribution in [1.82, 2.24) is 5.32 Å². The van der Waals surface area contributed by atoms with Crippen molar-refractivity contribution >= 4 is 9.24 Å². The van der Waals surface area contributed by atoms with Gasteiger partial charge in [0.2, 0.25) is 0 Å². The molecular formula is C6H16NP. The molecule has 1 N–H and O–H groups in total. The summed E-state index contributed by atoms with van der Waals surface area (Å²) in [5, 5.41) is 3.28. The zero-order valence-corrected chi connectivity index (χ0v) is 6.93. The lowest BCUT2D eigenvalue weighted by atomic mass is 10.3. The molecule has 0 aromatic rings. The standard InChI is InChI=1S/C6H16NP/c1-3-6(8)5-7-4-2/h6-7H,3-5,8H2,1-2H3. The quantitative estimate of drug-likeness (QED) is 0.569. The largest absolute Gasteiger partial charge is 0.316 e. The SMILES string of the molecule is CCNCC(P)CC. The van der Waals surface area contributed by atoms with Crippen LogP contribution in [0.2, 0.25) is 0 Å². The summed E-state index contributed by atoms with van der Waals surface area (Å²) in [7, 11) is 2.82. The molecule has 0 bridgehead atoms. The first-order chi connectivity index (χ1) is 3.81. The van der Waals surface area contributed by atoms with Crippen molar-refractivity contribution in [1.29, 1.82) is 0 Å². The van der Waals surface area contributed by atoms with Gasteiger partial charge in [-0.05, 0) is 18.6 Å². The zero-order valence-electron chi connectivity index (χ0n) is 5.78. The van der Waals surface area contributed by atoms with Crippen LogP contribution in [0.3, 0.4) is 0 Å². The van der Waals surface area contributed by atoms with E-state index in [-0.39, 0.29) is 0 Å². The average molecular weight is 133 g/mol. The zero-order chi connectivity index (χ0) is 6.41. The van der Waals surface area contributed by atoms with Crippen LogP contribution in [-0.2, 0) is 0 Å². The summed E-state index contributed by atoms with van der Waals surface area (Å²) >= 11 is 0. The Morgan fingerprint density at radius 2 is 2.12 bits per heavy atom. The molecule has 2 heteroatoms. The van der Waals surface area contributed by atoms with Gasteiger partial charge in [0.05, 0.1) is 0 Å². The van der Waals surface area contributed by atoms with Gasteiger partial charge in [-0.1, -0.05) is 13.8 Å². The molecule has 0 heterocycles. The maximum atomic E-state index is 3.28. The van der Waals surface area contributed by atoms with E-state index < -0.39 is 0 Å². The van der Waals surface area contributed by atoms with E-state index in [1.165, 1.54) is 6.42 Å². The maximum absolute atomic E-state index is 3.28. The van der Waals surface area contributed by atoms with Gasteiger partial charge in [0, 0.05) is 6.54 Å². The molecule has 0 radical (unpaired) electrons. The van der Waals surface area contributed by atoms with Crippen molar-refractivity contribution in [2.45, 2.75) is 25.9 Å². The van der Waals surface area contributed by atoms with E-state index in [0.29, 0.717) is 0 Å². The number of hydrogen-bond donors (Lipinski definition) is 1. The van der Waals surface area contributed by atoms with Crippen LogP contribution in [0.4, 0.5) is 0 Å². The van der Waals surface area contributed by atoms with Gasteiger partial charge < -0.3 is 5.32 Å². The summed E-state index contributed by atoms with van der Waals surface area (Å²) < 4.78 is 0. The highest BCUT2D eigenvalue weighted by molar-refractivity contribution is 7.17. The average Bonchev–Trinajstić information content (AvgIpc) is 1.83. The minimum Gasteiger partial charge on any atom is -0.316 e. The molecule has 0 aromatic carbocycles. The lowest BCUT2D eigenvalue weighted by molar-refractivity contribution is 0.675. The molecule has 0 saturated heterocycles. The molecule has 0 amide bonds. The Kier molecular flexibility index (Phi) is 5.79. The Bertz CT molecular complexity index is 47.8. The van der Waals surface area contributed by atoms with E-state index in [1.54, 1.807) is 0 Å². The van der Waals surface area contributed by atoms with E-state index >= 15 is 0 Å². The molecule has 0 fully saturated rings. The van der Waals surface area contributed by atoms with Crippen LogP contribution in [0.25, 0.3) is 0 Å². The molecule has 2 atom stereocenters. The molecule has 0 aromatic heterocycles. The van der Waals surface area contributed by atoms with Crippen LogP contribution in [0, 0.1) is 0 Å². The summed E-state index contributed by atoms with van der Waals surface area (Å²) in [5.74, 6) is 0. The van der Waals surface area contributed by atoms with Crippen molar-refractivity contribution in [3.05, 3.63) is 0 Å². The second kappa shape index (κ2) is 5.53. The topological polar surface area (TPSA) is 12.0 Å². The Balaban J connectivity index is 2.86. The molecule has 0 saturated carbocycles. The van der Waals surface area contributed by atoms with Gasteiger partial charge in [0.1, 0.15) is 0 Å². The fourth-order valence-electron chi connectivity index (χ4n) is 0.474. The fraction of sp³-hybridized carbons (Fsp3) is 1.00. The Labute approximate surface area is 54.4 Å². The van der Waals surface area contributed by atoms with E-state index in [1.807, 2.05) is 0 Å². The second-order valence-electron chi connectivity index (χ2n) is 1.98. The van der Waals surface area contributed by atoms with Crippen LogP contribution in [0.1, 0.15) is 20.3 Å². The van der Waals surface area contributed by atoms with Gasteiger partial charge in [0.15, 0.2) is 0 Å². The normalized spacial score (nSPS) is 13.9. The molecule has 0 spiro atoms. The first-order valence-corrected chi connectivity index (χ1v) is 3.94. The number of nitrogens with one attached hydrogen (secondary N) is 1. The van der Waals surface area contributed by atoms with Gasteiger partial charge >= 0.3 is 0 Å². The molecule has 50 valence electrons. The molecule has 0 aliphatic rings. The highest BCUT2D eigenvalue weighted by atomic mass is 31.0. The first-order valence-electron chi connectivity index (χ1n) is 3.27. The van der Waals surface area contributed by atoms with Gasteiger partial charge in [-0.25, -0.2) is 0 Å². The predicted molar refractivity (Wildman–Crippen MR) is 42.3 cm³/mol. The van der Waals surface area contributed by atoms with Crippen LogP contribution in [0.5, 0.6) is 0 Å². The van der Waals surface area contributed by atoms with Crippen LogP contribution < -0.4 is 5.32 Å². The van der Waals surface area contributed by atoms with Crippen molar-refractivity contribution in [2.75, 3.05) is 13.1 Å². The van der Waals surface area contributed by atoms with Crippen molar-refractivity contribution in [3.8, 4) is 0 Å². The summed E-state index contributed by atoms with van der Waals surface area (Å²) in [5.41, 5.74) is 0.759. The summed E-state index contributed by atoms with van der Waals surface area (Å²) in [6.45, 7) is 6.56. The van der Waals surface area contributed by atoms with Crippen LogP contribution in [-0.4, -0.2) is 18.7 Å². The summed E-state index contributed by atoms with van der Waals surface area (Å²) in [6.07, 6.45) is 1.25. The minimum absolute atomic E-state index is 0.759. The lowest BCUT2D eigenvalue weighted by Crippen LogP contribution is -2.21. The monoisotopic (exact) mass is 133 g/mol. The van der Waals surface area contributed by atoms with Crippen LogP contribution in [0.15, 0.2) is 0 Å². The van der Waals surface area contributed by atoms with E-state index in [2.05, 4.69) is 28.4 Å². The van der Waals surface area contributed by atoms with E-state index in [0.717, 1.165) is 18.7 Å². The first kappa shape index (κ1) is 8.39. The summed E-state index contributed by atoms with van der Waals surface area (Å²) in [4.78, 5) is 0. The fourth-order valence-corrected chi connectivity index (χ4v) is 0.641. The predicted octanol–water partition coefficient (Wildman–Crippen LogP) is 1.25. The number of hydrogen-bond acceptors (Lipinski definition) is 1. The van der Waals surface area contributed by atoms with Gasteiger partial charge in [-0.15, -0.1) is 9.24 Å².